The molecule has 1 unspecified atom stereocenters. The molecule has 0 bridgehead atoms. The van der Waals surface area contributed by atoms with Crippen LogP contribution >= 0.6 is 11.6 Å². The van der Waals surface area contributed by atoms with Crippen LogP contribution in [0.25, 0.3) is 28.1 Å². The van der Waals surface area contributed by atoms with Crippen molar-refractivity contribution in [3.05, 3.63) is 45.8 Å². The Bertz CT molecular complexity index is 1220. The minimum absolute atomic E-state index is 0.0629. The van der Waals surface area contributed by atoms with Gasteiger partial charge in [0.05, 0.1) is 28.6 Å². The highest BCUT2D eigenvalue weighted by molar-refractivity contribution is 6.35. The van der Waals surface area contributed by atoms with Gasteiger partial charge in [0.15, 0.2) is 0 Å². The molecule has 0 radical (unpaired) electrons. The summed E-state index contributed by atoms with van der Waals surface area (Å²) in [4.78, 5) is 22.2. The first-order chi connectivity index (χ1) is 13.4. The zero-order valence-corrected chi connectivity index (χ0v) is 16.8. The molecule has 3 aromatic heterocycles. The lowest BCUT2D eigenvalue weighted by atomic mass is 10.2. The summed E-state index contributed by atoms with van der Waals surface area (Å²) in [5, 5.41) is 4.54. The van der Waals surface area contributed by atoms with Crippen LogP contribution in [0.2, 0.25) is 5.02 Å². The fraction of sp³-hybridized carbons (Fsp3) is 0.368. The fourth-order valence-electron chi connectivity index (χ4n) is 3.40. The molecular formula is C19H20ClN5O3. The third-order valence-electron chi connectivity index (χ3n) is 4.66. The highest BCUT2D eigenvalue weighted by Gasteiger charge is 2.23. The van der Waals surface area contributed by atoms with Gasteiger partial charge in [-0.15, -0.1) is 0 Å². The first-order valence-electron chi connectivity index (χ1n) is 8.96. The Labute approximate surface area is 165 Å². The summed E-state index contributed by atoms with van der Waals surface area (Å²) in [6, 6.07) is 5.43. The first-order valence-corrected chi connectivity index (χ1v) is 9.34. The van der Waals surface area contributed by atoms with E-state index in [0.29, 0.717) is 34.2 Å². The second kappa shape index (κ2) is 7.03. The Morgan fingerprint density at radius 1 is 1.25 bits per heavy atom. The van der Waals surface area contributed by atoms with Crippen molar-refractivity contribution >= 4 is 28.2 Å². The van der Waals surface area contributed by atoms with E-state index in [0.717, 1.165) is 5.52 Å². The van der Waals surface area contributed by atoms with Gasteiger partial charge in [-0.1, -0.05) is 29.7 Å². The maximum Gasteiger partial charge on any atom is 0.278 e. The van der Waals surface area contributed by atoms with Gasteiger partial charge in [0.1, 0.15) is 17.5 Å². The van der Waals surface area contributed by atoms with E-state index >= 15 is 0 Å². The average molecular weight is 402 g/mol. The predicted molar refractivity (Wildman–Crippen MR) is 106 cm³/mol. The summed E-state index contributed by atoms with van der Waals surface area (Å²) in [6.45, 7) is 6.26. The largest absolute Gasteiger partial charge is 0.384 e. The van der Waals surface area contributed by atoms with E-state index in [1.807, 2.05) is 32.9 Å². The SMILES string of the molecule is COCC(C)c1nc(-c2ncn3c2c(=O)n(C(C)C)c2c(Cl)cccc23)no1. The van der Waals surface area contributed by atoms with Crippen LogP contribution in [0.15, 0.2) is 33.8 Å². The number of benzene rings is 1. The van der Waals surface area contributed by atoms with Crippen LogP contribution in [0, 0.1) is 0 Å². The van der Waals surface area contributed by atoms with Gasteiger partial charge in [-0.05, 0) is 26.0 Å². The topological polar surface area (TPSA) is 87.5 Å². The van der Waals surface area contributed by atoms with E-state index in [9.17, 15) is 4.79 Å². The van der Waals surface area contributed by atoms with Crippen molar-refractivity contribution in [3.8, 4) is 11.5 Å². The standard InChI is InChI=1S/C19H20ClN5O3/c1-10(2)25-15-12(20)6-5-7-13(15)24-9-21-14(16(24)19(25)26)17-22-18(28-23-17)11(3)8-27-4/h5-7,9-11H,8H2,1-4H3. The lowest BCUT2D eigenvalue weighted by Gasteiger charge is -2.16. The molecule has 146 valence electrons. The molecule has 0 spiro atoms. The van der Waals surface area contributed by atoms with Crippen molar-refractivity contribution in [2.75, 3.05) is 13.7 Å². The minimum Gasteiger partial charge on any atom is -0.384 e. The molecule has 8 nitrogen and oxygen atoms in total. The number of fused-ring (bicyclic) bond motifs is 3. The van der Waals surface area contributed by atoms with Crippen LogP contribution in [-0.2, 0) is 4.74 Å². The maximum absolute atomic E-state index is 13.4. The molecule has 3 heterocycles. The van der Waals surface area contributed by atoms with Gasteiger partial charge in [-0.2, -0.15) is 4.98 Å². The number of hydrogen-bond donors (Lipinski definition) is 0. The highest BCUT2D eigenvalue weighted by atomic mass is 35.5. The van der Waals surface area contributed by atoms with Crippen LogP contribution in [0.1, 0.15) is 38.6 Å². The molecule has 28 heavy (non-hydrogen) atoms. The summed E-state index contributed by atoms with van der Waals surface area (Å²) in [7, 11) is 1.61. The monoisotopic (exact) mass is 401 g/mol. The van der Waals surface area contributed by atoms with Crippen LogP contribution in [-0.4, -0.2) is 37.8 Å². The number of para-hydroxylation sites is 1. The van der Waals surface area contributed by atoms with Crippen LogP contribution in [0.3, 0.4) is 0 Å². The van der Waals surface area contributed by atoms with Crippen molar-refractivity contribution in [2.45, 2.75) is 32.7 Å². The number of halogens is 1. The molecule has 0 N–H and O–H groups in total. The number of methoxy groups -OCH3 is 1. The third kappa shape index (κ3) is 2.80. The second-order valence-electron chi connectivity index (χ2n) is 7.00. The third-order valence-corrected chi connectivity index (χ3v) is 4.97. The lowest BCUT2D eigenvalue weighted by molar-refractivity contribution is 0.170. The van der Waals surface area contributed by atoms with Crippen molar-refractivity contribution < 1.29 is 9.26 Å². The molecule has 4 aromatic rings. The average Bonchev–Trinajstić information content (AvgIpc) is 3.30. The highest BCUT2D eigenvalue weighted by Crippen LogP contribution is 2.28. The Kier molecular flexibility index (Phi) is 4.68. The molecule has 1 aromatic carbocycles. The van der Waals surface area contributed by atoms with Crippen LogP contribution < -0.4 is 5.56 Å². The van der Waals surface area contributed by atoms with Crippen LogP contribution in [0.4, 0.5) is 0 Å². The molecule has 9 heteroatoms. The minimum atomic E-state index is -0.209. The Morgan fingerprint density at radius 2 is 2.04 bits per heavy atom. The van der Waals surface area contributed by atoms with Gasteiger partial charge < -0.3 is 13.8 Å². The summed E-state index contributed by atoms with van der Waals surface area (Å²) < 4.78 is 13.9. The van der Waals surface area contributed by atoms with Crippen LogP contribution in [0.5, 0.6) is 0 Å². The van der Waals surface area contributed by atoms with Crippen molar-refractivity contribution in [3.63, 3.8) is 0 Å². The van der Waals surface area contributed by atoms with Crippen molar-refractivity contribution in [2.24, 2.45) is 0 Å². The van der Waals surface area contributed by atoms with Gasteiger partial charge in [0, 0.05) is 13.2 Å². The Hall–Kier alpha value is -2.71. The fourth-order valence-corrected chi connectivity index (χ4v) is 3.66. The van der Waals surface area contributed by atoms with Gasteiger partial charge in [-0.3, -0.25) is 9.20 Å². The zero-order chi connectivity index (χ0) is 20.0. The zero-order valence-electron chi connectivity index (χ0n) is 16.0. The number of ether oxygens (including phenoxy) is 1. The van der Waals surface area contributed by atoms with E-state index in [4.69, 9.17) is 20.9 Å². The Balaban J connectivity index is 2.01. The number of nitrogens with zero attached hydrogens (tertiary/aromatic N) is 5. The molecular weight excluding hydrogens is 382 g/mol. The van der Waals surface area contributed by atoms with E-state index in [-0.39, 0.29) is 23.3 Å². The molecule has 0 fully saturated rings. The van der Waals surface area contributed by atoms with Crippen molar-refractivity contribution in [1.29, 1.82) is 0 Å². The summed E-state index contributed by atoms with van der Waals surface area (Å²) in [5.74, 6) is 0.646. The van der Waals surface area contributed by atoms with Gasteiger partial charge in [0.25, 0.3) is 5.56 Å². The van der Waals surface area contributed by atoms with E-state index in [2.05, 4.69) is 15.1 Å². The van der Waals surface area contributed by atoms with E-state index < -0.39 is 0 Å². The molecule has 0 saturated heterocycles. The number of aromatic nitrogens is 5. The predicted octanol–water partition coefficient (Wildman–Crippen LogP) is 3.68. The van der Waals surface area contributed by atoms with E-state index in [1.165, 1.54) is 0 Å². The molecule has 1 atom stereocenters. The summed E-state index contributed by atoms with van der Waals surface area (Å²) in [5.41, 5.74) is 2.00. The van der Waals surface area contributed by atoms with Crippen molar-refractivity contribution in [1.82, 2.24) is 24.1 Å². The van der Waals surface area contributed by atoms with Gasteiger partial charge in [0.2, 0.25) is 11.7 Å². The van der Waals surface area contributed by atoms with E-state index in [1.54, 1.807) is 28.5 Å². The lowest BCUT2D eigenvalue weighted by Crippen LogP contribution is -2.25. The van der Waals surface area contributed by atoms with Gasteiger partial charge in [-0.25, -0.2) is 4.98 Å². The normalized spacial score (nSPS) is 13.1. The first kappa shape index (κ1) is 18.6. The Morgan fingerprint density at radius 3 is 2.75 bits per heavy atom. The number of hydrogen-bond acceptors (Lipinski definition) is 6. The summed E-state index contributed by atoms with van der Waals surface area (Å²) in [6.07, 6.45) is 1.59. The molecule has 0 saturated carbocycles. The number of imidazole rings is 1. The molecule has 0 aliphatic heterocycles. The van der Waals surface area contributed by atoms with Gasteiger partial charge >= 0.3 is 0 Å². The molecule has 4 rings (SSSR count). The smallest absolute Gasteiger partial charge is 0.278 e. The molecule has 0 aliphatic rings. The molecule has 0 amide bonds. The quantitative estimate of drug-likeness (QED) is 0.507. The second-order valence-corrected chi connectivity index (χ2v) is 7.41. The number of rotatable bonds is 5. The summed E-state index contributed by atoms with van der Waals surface area (Å²) >= 11 is 6.43. The maximum atomic E-state index is 13.4. The molecule has 0 aliphatic carbocycles.